The maximum absolute atomic E-state index is 5.97. The number of benzene rings is 1. The van der Waals surface area contributed by atoms with Crippen molar-refractivity contribution in [2.45, 2.75) is 13.3 Å². The first kappa shape index (κ1) is 12.1. The van der Waals surface area contributed by atoms with E-state index in [0.717, 1.165) is 23.4 Å². The van der Waals surface area contributed by atoms with Crippen LogP contribution >= 0.6 is 23.2 Å². The normalized spacial score (nSPS) is 10.5. The van der Waals surface area contributed by atoms with Crippen LogP contribution in [-0.4, -0.2) is 9.97 Å². The summed E-state index contributed by atoms with van der Waals surface area (Å²) in [6.07, 6.45) is 0.807. The van der Waals surface area contributed by atoms with E-state index in [9.17, 15) is 0 Å². The fourth-order valence-corrected chi connectivity index (χ4v) is 1.80. The third-order valence-electron chi connectivity index (χ3n) is 2.37. The lowest BCUT2D eigenvalue weighted by Gasteiger charge is -2.05. The van der Waals surface area contributed by atoms with Crippen LogP contribution in [0.5, 0.6) is 0 Å². The van der Waals surface area contributed by atoms with Crippen LogP contribution in [0.25, 0.3) is 11.3 Å². The summed E-state index contributed by atoms with van der Waals surface area (Å²) in [5.41, 5.74) is 8.20. The number of nitrogen functional groups attached to an aromatic ring is 1. The molecular formula is C12H11Cl2N3. The SMILES string of the molecule is CCc1cc(-c2ccc(Cl)c(Cl)c2)nc(N)n1. The number of hydrogen-bond acceptors (Lipinski definition) is 3. The van der Waals surface area contributed by atoms with E-state index >= 15 is 0 Å². The number of hydrogen-bond donors (Lipinski definition) is 1. The van der Waals surface area contributed by atoms with Gasteiger partial charge in [-0.25, -0.2) is 9.97 Å². The number of aryl methyl sites for hydroxylation is 1. The van der Waals surface area contributed by atoms with Crippen molar-refractivity contribution in [1.29, 1.82) is 0 Å². The molecule has 1 aromatic carbocycles. The molecule has 0 bridgehead atoms. The van der Waals surface area contributed by atoms with Crippen LogP contribution in [0.2, 0.25) is 10.0 Å². The van der Waals surface area contributed by atoms with Crippen molar-refractivity contribution in [1.82, 2.24) is 9.97 Å². The summed E-state index contributed by atoms with van der Waals surface area (Å²) in [4.78, 5) is 8.31. The Bertz CT molecular complexity index is 555. The molecule has 1 heterocycles. The van der Waals surface area contributed by atoms with E-state index in [2.05, 4.69) is 9.97 Å². The zero-order valence-corrected chi connectivity index (χ0v) is 10.8. The topological polar surface area (TPSA) is 51.8 Å². The molecule has 0 fully saturated rings. The first-order chi connectivity index (χ1) is 8.10. The number of rotatable bonds is 2. The predicted molar refractivity (Wildman–Crippen MR) is 71.3 cm³/mol. The molecule has 17 heavy (non-hydrogen) atoms. The quantitative estimate of drug-likeness (QED) is 0.905. The van der Waals surface area contributed by atoms with Gasteiger partial charge < -0.3 is 5.73 Å². The largest absolute Gasteiger partial charge is 0.368 e. The minimum atomic E-state index is 0.269. The molecule has 2 N–H and O–H groups in total. The van der Waals surface area contributed by atoms with Crippen molar-refractivity contribution < 1.29 is 0 Å². The number of halogens is 2. The van der Waals surface area contributed by atoms with Crippen LogP contribution in [-0.2, 0) is 6.42 Å². The molecular weight excluding hydrogens is 257 g/mol. The van der Waals surface area contributed by atoms with Gasteiger partial charge in [-0.15, -0.1) is 0 Å². The maximum atomic E-state index is 5.97. The van der Waals surface area contributed by atoms with E-state index in [1.54, 1.807) is 12.1 Å². The molecule has 0 spiro atoms. The summed E-state index contributed by atoms with van der Waals surface area (Å²) in [5.74, 6) is 0.269. The second-order valence-electron chi connectivity index (χ2n) is 3.59. The average Bonchev–Trinajstić information content (AvgIpc) is 2.32. The minimum absolute atomic E-state index is 0.269. The molecule has 3 nitrogen and oxygen atoms in total. The smallest absolute Gasteiger partial charge is 0.220 e. The zero-order chi connectivity index (χ0) is 12.4. The number of aromatic nitrogens is 2. The first-order valence-corrected chi connectivity index (χ1v) is 5.94. The highest BCUT2D eigenvalue weighted by atomic mass is 35.5. The second-order valence-corrected chi connectivity index (χ2v) is 4.40. The summed E-state index contributed by atoms with van der Waals surface area (Å²) in [5, 5.41) is 1.02. The number of nitrogens with two attached hydrogens (primary N) is 1. The number of nitrogens with zero attached hydrogens (tertiary/aromatic N) is 2. The lowest BCUT2D eigenvalue weighted by Crippen LogP contribution is -2.00. The van der Waals surface area contributed by atoms with E-state index in [-0.39, 0.29) is 5.95 Å². The Morgan fingerprint density at radius 3 is 2.53 bits per heavy atom. The molecule has 1 aromatic heterocycles. The Kier molecular flexibility index (Phi) is 3.50. The third kappa shape index (κ3) is 2.68. The first-order valence-electron chi connectivity index (χ1n) is 5.19. The zero-order valence-electron chi connectivity index (χ0n) is 9.24. The highest BCUT2D eigenvalue weighted by Gasteiger charge is 2.06. The molecule has 0 atom stereocenters. The molecule has 0 aliphatic carbocycles. The predicted octanol–water partition coefficient (Wildman–Crippen LogP) is 3.60. The van der Waals surface area contributed by atoms with Gasteiger partial charge in [0.1, 0.15) is 0 Å². The second kappa shape index (κ2) is 4.90. The van der Waals surface area contributed by atoms with E-state index in [4.69, 9.17) is 28.9 Å². The molecule has 2 rings (SSSR count). The van der Waals surface area contributed by atoms with Crippen LogP contribution < -0.4 is 5.73 Å². The van der Waals surface area contributed by atoms with Gasteiger partial charge in [-0.1, -0.05) is 36.2 Å². The Morgan fingerprint density at radius 1 is 1.12 bits per heavy atom. The Morgan fingerprint density at radius 2 is 1.88 bits per heavy atom. The monoisotopic (exact) mass is 267 g/mol. The third-order valence-corrected chi connectivity index (χ3v) is 3.11. The molecule has 88 valence electrons. The molecule has 0 unspecified atom stereocenters. The lowest BCUT2D eigenvalue weighted by atomic mass is 10.1. The van der Waals surface area contributed by atoms with Gasteiger partial charge in [-0.2, -0.15) is 0 Å². The van der Waals surface area contributed by atoms with Gasteiger partial charge in [0.2, 0.25) is 5.95 Å². The average molecular weight is 268 g/mol. The Hall–Kier alpha value is -1.32. The van der Waals surface area contributed by atoms with Gasteiger partial charge in [-0.3, -0.25) is 0 Å². The molecule has 0 aliphatic heterocycles. The van der Waals surface area contributed by atoms with Gasteiger partial charge >= 0.3 is 0 Å². The Labute approximate surface area is 110 Å². The van der Waals surface area contributed by atoms with Crippen LogP contribution in [0.4, 0.5) is 5.95 Å². The van der Waals surface area contributed by atoms with E-state index < -0.39 is 0 Å². The molecule has 0 radical (unpaired) electrons. The van der Waals surface area contributed by atoms with Crippen LogP contribution in [0, 0.1) is 0 Å². The molecule has 0 saturated carbocycles. The molecule has 5 heteroatoms. The van der Waals surface area contributed by atoms with Crippen molar-refractivity contribution >= 4 is 29.2 Å². The minimum Gasteiger partial charge on any atom is -0.368 e. The van der Waals surface area contributed by atoms with Gasteiger partial charge in [0, 0.05) is 11.3 Å². The highest BCUT2D eigenvalue weighted by molar-refractivity contribution is 6.42. The van der Waals surface area contributed by atoms with E-state index in [1.807, 2.05) is 19.1 Å². The van der Waals surface area contributed by atoms with Crippen molar-refractivity contribution in [2.24, 2.45) is 0 Å². The lowest BCUT2D eigenvalue weighted by molar-refractivity contribution is 1.01. The van der Waals surface area contributed by atoms with Gasteiger partial charge in [0.25, 0.3) is 0 Å². The Balaban J connectivity index is 2.52. The summed E-state index contributed by atoms with van der Waals surface area (Å²) < 4.78 is 0. The van der Waals surface area contributed by atoms with Gasteiger partial charge in [-0.05, 0) is 24.6 Å². The molecule has 0 saturated heterocycles. The van der Waals surface area contributed by atoms with Crippen molar-refractivity contribution in [2.75, 3.05) is 5.73 Å². The summed E-state index contributed by atoms with van der Waals surface area (Å²) in [6.45, 7) is 2.01. The van der Waals surface area contributed by atoms with Crippen LogP contribution in [0.3, 0.4) is 0 Å². The molecule has 0 aliphatic rings. The van der Waals surface area contributed by atoms with Crippen molar-refractivity contribution in [3.8, 4) is 11.3 Å². The van der Waals surface area contributed by atoms with E-state index in [0.29, 0.717) is 10.0 Å². The van der Waals surface area contributed by atoms with Crippen molar-refractivity contribution in [3.63, 3.8) is 0 Å². The standard InChI is InChI=1S/C12H11Cl2N3/c1-2-8-6-11(17-12(15)16-8)7-3-4-9(13)10(14)5-7/h3-6H,2H2,1H3,(H2,15,16,17). The maximum Gasteiger partial charge on any atom is 0.220 e. The van der Waals surface area contributed by atoms with Gasteiger partial charge in [0.15, 0.2) is 0 Å². The number of anilines is 1. The summed E-state index contributed by atoms with van der Waals surface area (Å²) >= 11 is 11.8. The van der Waals surface area contributed by atoms with Crippen LogP contribution in [0.15, 0.2) is 24.3 Å². The van der Waals surface area contributed by atoms with Crippen LogP contribution in [0.1, 0.15) is 12.6 Å². The fraction of sp³-hybridized carbons (Fsp3) is 0.167. The van der Waals surface area contributed by atoms with E-state index in [1.165, 1.54) is 0 Å². The summed E-state index contributed by atoms with van der Waals surface area (Å²) in [6, 6.07) is 7.26. The highest BCUT2D eigenvalue weighted by Crippen LogP contribution is 2.28. The molecule has 2 aromatic rings. The van der Waals surface area contributed by atoms with Crippen molar-refractivity contribution in [3.05, 3.63) is 40.0 Å². The molecule has 0 amide bonds. The van der Waals surface area contributed by atoms with Gasteiger partial charge in [0.05, 0.1) is 15.7 Å². The summed E-state index contributed by atoms with van der Waals surface area (Å²) in [7, 11) is 0. The fourth-order valence-electron chi connectivity index (χ4n) is 1.50.